The molecule has 0 radical (unpaired) electrons. The molecule has 4 aromatic rings. The third kappa shape index (κ3) is 1.63. The molecule has 0 fully saturated rings. The second-order valence-electron chi connectivity index (χ2n) is 6.62. The van der Waals surface area contributed by atoms with Gasteiger partial charge in [0.1, 0.15) is 0 Å². The zero-order chi connectivity index (χ0) is 17.2. The maximum Gasteiger partial charge on any atom is 0.0992 e. The molecular formula is C22H16N2. The first kappa shape index (κ1) is 14.5. The molecule has 2 heteroatoms. The number of nitriles is 2. The predicted molar refractivity (Wildman–Crippen MR) is 98.5 cm³/mol. The fourth-order valence-corrected chi connectivity index (χ4v) is 3.94. The molecule has 0 saturated heterocycles. The minimum absolute atomic E-state index is 0.698. The van der Waals surface area contributed by atoms with E-state index in [1.165, 1.54) is 33.0 Å². The molecule has 0 unspecified atom stereocenters. The maximum atomic E-state index is 9.42. The van der Waals surface area contributed by atoms with Crippen LogP contribution in [-0.4, -0.2) is 0 Å². The highest BCUT2D eigenvalue weighted by Crippen LogP contribution is 2.42. The van der Waals surface area contributed by atoms with E-state index >= 15 is 0 Å². The van der Waals surface area contributed by atoms with Crippen LogP contribution >= 0.6 is 0 Å². The first-order chi connectivity index (χ1) is 11.5. The van der Waals surface area contributed by atoms with Crippen molar-refractivity contribution >= 4 is 32.3 Å². The van der Waals surface area contributed by atoms with Crippen molar-refractivity contribution < 1.29 is 0 Å². The topological polar surface area (TPSA) is 47.6 Å². The Hall–Kier alpha value is -3.10. The van der Waals surface area contributed by atoms with Crippen molar-refractivity contribution in [1.82, 2.24) is 0 Å². The van der Waals surface area contributed by atoms with Gasteiger partial charge >= 0.3 is 0 Å². The maximum absolute atomic E-state index is 9.42. The van der Waals surface area contributed by atoms with Crippen LogP contribution < -0.4 is 0 Å². The van der Waals surface area contributed by atoms with E-state index in [1.54, 1.807) is 0 Å². The molecule has 0 aliphatic heterocycles. The number of nitrogens with zero attached hydrogens (tertiary/aromatic N) is 2. The zero-order valence-electron chi connectivity index (χ0n) is 14.2. The summed E-state index contributed by atoms with van der Waals surface area (Å²) in [5, 5.41) is 25.9. The summed E-state index contributed by atoms with van der Waals surface area (Å²) in [6, 6.07) is 12.6. The third-order valence-corrected chi connectivity index (χ3v) is 5.53. The number of hydrogen-bond acceptors (Lipinski definition) is 2. The van der Waals surface area contributed by atoms with E-state index in [0.717, 1.165) is 21.5 Å². The van der Waals surface area contributed by atoms with Crippen molar-refractivity contribution in [2.75, 3.05) is 0 Å². The minimum atomic E-state index is 0.698. The molecule has 114 valence electrons. The van der Waals surface area contributed by atoms with Crippen LogP contribution in [-0.2, 0) is 0 Å². The van der Waals surface area contributed by atoms with Crippen LogP contribution in [0, 0.1) is 50.4 Å². The van der Waals surface area contributed by atoms with Crippen LogP contribution in [0.25, 0.3) is 32.3 Å². The van der Waals surface area contributed by atoms with Crippen molar-refractivity contribution in [3.8, 4) is 12.1 Å². The van der Waals surface area contributed by atoms with Gasteiger partial charge in [-0.05, 0) is 107 Å². The van der Waals surface area contributed by atoms with Gasteiger partial charge in [0, 0.05) is 0 Å². The van der Waals surface area contributed by atoms with Gasteiger partial charge in [-0.3, -0.25) is 0 Å². The second kappa shape index (κ2) is 4.70. The summed E-state index contributed by atoms with van der Waals surface area (Å²) in [4.78, 5) is 0. The molecule has 0 aromatic heterocycles. The van der Waals surface area contributed by atoms with E-state index in [-0.39, 0.29) is 0 Å². The van der Waals surface area contributed by atoms with Gasteiger partial charge < -0.3 is 0 Å². The molecule has 0 atom stereocenters. The van der Waals surface area contributed by atoms with Crippen LogP contribution in [0.15, 0.2) is 24.3 Å². The molecule has 0 bridgehead atoms. The van der Waals surface area contributed by atoms with Gasteiger partial charge in [-0.1, -0.05) is 0 Å². The average Bonchev–Trinajstić information content (AvgIpc) is 2.61. The number of hydrogen-bond donors (Lipinski definition) is 0. The fourth-order valence-electron chi connectivity index (χ4n) is 3.94. The quantitative estimate of drug-likeness (QED) is 0.399. The van der Waals surface area contributed by atoms with Crippen molar-refractivity contribution in [1.29, 1.82) is 10.5 Å². The van der Waals surface area contributed by atoms with Gasteiger partial charge in [0.05, 0.1) is 23.3 Å². The Morgan fingerprint density at radius 2 is 0.792 bits per heavy atom. The van der Waals surface area contributed by atoms with Gasteiger partial charge in [-0.25, -0.2) is 0 Å². The number of aryl methyl sites for hydroxylation is 4. The molecule has 0 aliphatic carbocycles. The first-order valence-corrected chi connectivity index (χ1v) is 8.01. The van der Waals surface area contributed by atoms with Crippen LogP contribution in [0.2, 0.25) is 0 Å². The molecule has 4 rings (SSSR count). The molecule has 0 N–H and O–H groups in total. The summed E-state index contributed by atoms with van der Waals surface area (Å²) in [7, 11) is 0. The molecular weight excluding hydrogens is 292 g/mol. The van der Waals surface area contributed by atoms with E-state index in [4.69, 9.17) is 0 Å². The summed E-state index contributed by atoms with van der Waals surface area (Å²) < 4.78 is 0. The summed E-state index contributed by atoms with van der Waals surface area (Å²) in [5.41, 5.74) is 6.13. The Morgan fingerprint density at radius 1 is 0.542 bits per heavy atom. The van der Waals surface area contributed by atoms with E-state index in [9.17, 15) is 10.5 Å². The zero-order valence-corrected chi connectivity index (χ0v) is 14.2. The Kier molecular flexibility index (Phi) is 2.84. The van der Waals surface area contributed by atoms with Crippen molar-refractivity contribution in [3.63, 3.8) is 0 Å². The molecule has 0 heterocycles. The van der Waals surface area contributed by atoms with Crippen LogP contribution in [0.1, 0.15) is 33.4 Å². The summed E-state index contributed by atoms with van der Waals surface area (Å²) >= 11 is 0. The molecule has 0 amide bonds. The van der Waals surface area contributed by atoms with E-state index in [2.05, 4.69) is 39.8 Å². The Balaban J connectivity index is 2.48. The Labute approximate surface area is 140 Å². The molecule has 24 heavy (non-hydrogen) atoms. The predicted octanol–water partition coefficient (Wildman–Crippen LogP) is 5.56. The van der Waals surface area contributed by atoms with E-state index < -0.39 is 0 Å². The van der Waals surface area contributed by atoms with Crippen LogP contribution in [0.5, 0.6) is 0 Å². The lowest BCUT2D eigenvalue weighted by Gasteiger charge is -2.20. The van der Waals surface area contributed by atoms with Crippen LogP contribution in [0.3, 0.4) is 0 Å². The van der Waals surface area contributed by atoms with E-state index in [0.29, 0.717) is 11.1 Å². The first-order valence-electron chi connectivity index (χ1n) is 8.01. The number of rotatable bonds is 0. The van der Waals surface area contributed by atoms with Gasteiger partial charge in [0.2, 0.25) is 0 Å². The highest BCUT2D eigenvalue weighted by molar-refractivity contribution is 6.26. The summed E-state index contributed by atoms with van der Waals surface area (Å²) in [5.74, 6) is 0. The smallest absolute Gasteiger partial charge is 0.0992 e. The fraction of sp³-hybridized carbons (Fsp3) is 0.182. The number of benzene rings is 4. The largest absolute Gasteiger partial charge is 0.192 e. The van der Waals surface area contributed by atoms with Crippen molar-refractivity contribution in [3.05, 3.63) is 57.6 Å². The van der Waals surface area contributed by atoms with Gasteiger partial charge in [-0.2, -0.15) is 10.5 Å². The molecule has 0 saturated carbocycles. The van der Waals surface area contributed by atoms with E-state index in [1.807, 2.05) is 24.3 Å². The Morgan fingerprint density at radius 3 is 1.00 bits per heavy atom. The van der Waals surface area contributed by atoms with Gasteiger partial charge in [0.25, 0.3) is 0 Å². The van der Waals surface area contributed by atoms with Crippen molar-refractivity contribution in [2.45, 2.75) is 27.7 Å². The highest BCUT2D eigenvalue weighted by Gasteiger charge is 2.18. The average molecular weight is 308 g/mol. The molecule has 2 nitrogen and oxygen atoms in total. The lowest BCUT2D eigenvalue weighted by atomic mass is 9.83. The molecule has 4 aromatic carbocycles. The van der Waals surface area contributed by atoms with Gasteiger partial charge in [-0.15, -0.1) is 0 Å². The van der Waals surface area contributed by atoms with Crippen molar-refractivity contribution in [2.24, 2.45) is 0 Å². The minimum Gasteiger partial charge on any atom is -0.192 e. The molecule has 0 aliphatic rings. The van der Waals surface area contributed by atoms with Gasteiger partial charge in [0.15, 0.2) is 0 Å². The summed E-state index contributed by atoms with van der Waals surface area (Å²) in [6.07, 6.45) is 0. The lowest BCUT2D eigenvalue weighted by Crippen LogP contribution is -1.97. The standard InChI is InChI=1S/C22H16N2/c1-11-12(2)18-6-16(10-24)8-20-14(4)13(3)19-7-15(9-23)5-17(11)21(19)22(18)20/h5-8H,1-4H3. The van der Waals surface area contributed by atoms with Crippen LogP contribution in [0.4, 0.5) is 0 Å². The summed E-state index contributed by atoms with van der Waals surface area (Å²) in [6.45, 7) is 8.42. The lowest BCUT2D eigenvalue weighted by molar-refractivity contribution is 1.38. The second-order valence-corrected chi connectivity index (χ2v) is 6.62. The normalized spacial score (nSPS) is 11.2. The SMILES string of the molecule is Cc1c(C)c2cc(C#N)cc3c(C)c(C)c4cc(C#N)cc1c4c23. The highest BCUT2D eigenvalue weighted by atomic mass is 14.3. The Bertz CT molecular complexity index is 1070. The third-order valence-electron chi connectivity index (χ3n) is 5.53. The molecule has 0 spiro atoms. The monoisotopic (exact) mass is 308 g/mol.